The summed E-state index contributed by atoms with van der Waals surface area (Å²) < 4.78 is 45.8. The van der Waals surface area contributed by atoms with Gasteiger partial charge < -0.3 is 19.9 Å². The molecule has 4 rings (SSSR count). The number of carbonyl (C=O) groups is 2. The summed E-state index contributed by atoms with van der Waals surface area (Å²) >= 11 is 0. The van der Waals surface area contributed by atoms with Crippen LogP contribution in [0.3, 0.4) is 0 Å². The zero-order valence-corrected chi connectivity index (χ0v) is 24.0. The molecule has 0 atom stereocenters. The molecule has 1 heterocycles. The summed E-state index contributed by atoms with van der Waals surface area (Å²) in [5.41, 5.74) is -0.973. The summed E-state index contributed by atoms with van der Waals surface area (Å²) in [4.78, 5) is 37.4. The van der Waals surface area contributed by atoms with Crippen molar-refractivity contribution in [3.8, 4) is 6.07 Å². The number of alkyl halides is 3. The monoisotopic (exact) mass is 599 g/mol. The number of nitrogens with one attached hydrogen (secondary N) is 2. The zero-order valence-electron chi connectivity index (χ0n) is 24.0. The van der Waals surface area contributed by atoms with E-state index in [1.165, 1.54) is 34.9 Å². The van der Waals surface area contributed by atoms with Crippen molar-refractivity contribution in [1.29, 1.82) is 5.26 Å². The molecule has 0 unspecified atom stereocenters. The minimum absolute atomic E-state index is 0.0416. The fourth-order valence-electron chi connectivity index (χ4n) is 5.26. The van der Waals surface area contributed by atoms with Gasteiger partial charge in [0.25, 0.3) is 5.91 Å². The summed E-state index contributed by atoms with van der Waals surface area (Å²) in [6.07, 6.45) is -2.67. The van der Waals surface area contributed by atoms with Gasteiger partial charge in [-0.25, -0.2) is 4.79 Å². The van der Waals surface area contributed by atoms with Gasteiger partial charge in [-0.2, -0.15) is 18.4 Å². The molecule has 1 aromatic heterocycles. The van der Waals surface area contributed by atoms with Gasteiger partial charge in [-0.05, 0) is 88.8 Å². The van der Waals surface area contributed by atoms with Crippen molar-refractivity contribution in [1.82, 2.24) is 15.2 Å². The number of halogens is 3. The third-order valence-corrected chi connectivity index (χ3v) is 7.25. The van der Waals surface area contributed by atoms with Crippen LogP contribution in [-0.2, 0) is 23.9 Å². The lowest BCUT2D eigenvalue weighted by atomic mass is 9.91. The van der Waals surface area contributed by atoms with Crippen molar-refractivity contribution in [3.05, 3.63) is 75.0 Å². The van der Waals surface area contributed by atoms with Crippen LogP contribution in [0.15, 0.2) is 42.5 Å². The van der Waals surface area contributed by atoms with E-state index in [-0.39, 0.29) is 41.7 Å². The van der Waals surface area contributed by atoms with Crippen molar-refractivity contribution in [2.24, 2.45) is 0 Å². The molecular formula is C30H32F3N5O5. The van der Waals surface area contributed by atoms with Gasteiger partial charge in [0, 0.05) is 18.6 Å². The number of rotatable bonds is 7. The van der Waals surface area contributed by atoms with Crippen molar-refractivity contribution >= 4 is 28.6 Å². The quantitative estimate of drug-likeness (QED) is 0.243. The van der Waals surface area contributed by atoms with Crippen LogP contribution >= 0.6 is 0 Å². The number of aromatic nitrogens is 1. The van der Waals surface area contributed by atoms with Gasteiger partial charge in [0.2, 0.25) is 0 Å². The average Bonchev–Trinajstić information content (AvgIpc) is 3.25. The van der Waals surface area contributed by atoms with Gasteiger partial charge in [-0.15, -0.1) is 0 Å². The van der Waals surface area contributed by atoms with Gasteiger partial charge in [0.15, 0.2) is 5.69 Å². The highest BCUT2D eigenvalue weighted by Gasteiger charge is 2.34. The summed E-state index contributed by atoms with van der Waals surface area (Å²) in [6, 6.07) is 10.4. The topological polar surface area (TPSA) is 139 Å². The van der Waals surface area contributed by atoms with E-state index in [0.29, 0.717) is 36.8 Å². The summed E-state index contributed by atoms with van der Waals surface area (Å²) in [7, 11) is 0. The highest BCUT2D eigenvalue weighted by Crippen LogP contribution is 2.35. The SMILES string of the molecule is CC(C)(C)OC(=O)N[C@H]1CC[C@H](NC(=O)c2c([N+](=O)[O-])c3ccc(C#N)cc3n2CCc2ccc(C(F)(F)F)cc2)CC1. The molecule has 0 bridgehead atoms. The third kappa shape index (κ3) is 7.63. The molecule has 3 aromatic rings. The highest BCUT2D eigenvalue weighted by atomic mass is 19.4. The van der Waals surface area contributed by atoms with Crippen LogP contribution in [0.5, 0.6) is 0 Å². The van der Waals surface area contributed by atoms with Crippen LogP contribution in [-0.4, -0.2) is 39.2 Å². The number of fused-ring (bicyclic) bond motifs is 1. The molecule has 0 saturated heterocycles. The molecule has 13 heteroatoms. The van der Waals surface area contributed by atoms with Crippen LogP contribution < -0.4 is 10.6 Å². The molecule has 1 saturated carbocycles. The average molecular weight is 600 g/mol. The van der Waals surface area contributed by atoms with Gasteiger partial charge in [0.1, 0.15) is 5.60 Å². The van der Waals surface area contributed by atoms with Crippen LogP contribution in [0, 0.1) is 21.4 Å². The lowest BCUT2D eigenvalue weighted by molar-refractivity contribution is -0.383. The molecule has 43 heavy (non-hydrogen) atoms. The van der Waals surface area contributed by atoms with Gasteiger partial charge >= 0.3 is 18.0 Å². The largest absolute Gasteiger partial charge is 0.444 e. The molecule has 1 aliphatic rings. The first-order valence-corrected chi connectivity index (χ1v) is 13.8. The number of nitrogens with zero attached hydrogens (tertiary/aromatic N) is 3. The molecule has 2 N–H and O–H groups in total. The number of benzene rings is 2. The van der Waals surface area contributed by atoms with Gasteiger partial charge in [-0.1, -0.05) is 12.1 Å². The predicted octanol–water partition coefficient (Wildman–Crippen LogP) is 6.25. The summed E-state index contributed by atoms with van der Waals surface area (Å²) in [5.74, 6) is -0.669. The minimum atomic E-state index is -4.49. The van der Waals surface area contributed by atoms with E-state index in [0.717, 1.165) is 12.1 Å². The number of carbonyl (C=O) groups excluding carboxylic acids is 2. The molecule has 0 radical (unpaired) electrons. The number of ether oxygens (including phenoxy) is 1. The standard InChI is InChI=1S/C30H32F3N5O5/c1-29(2,3)43-28(40)36-22-11-9-21(10-12-22)35-27(39)26-25(38(41)42)23-13-6-19(17-34)16-24(23)37(26)15-14-18-4-7-20(8-5-18)30(31,32)33/h4-8,13,16,21-22H,9-12,14-15H2,1-3H3,(H,35,39)(H,36,40)/t21-,22-. The van der Waals surface area contributed by atoms with E-state index < -0.39 is 40.0 Å². The van der Waals surface area contributed by atoms with E-state index in [4.69, 9.17) is 4.74 Å². The van der Waals surface area contributed by atoms with Crippen molar-refractivity contribution in [2.45, 2.75) is 83.3 Å². The predicted molar refractivity (Wildman–Crippen MR) is 151 cm³/mol. The van der Waals surface area contributed by atoms with Crippen molar-refractivity contribution in [3.63, 3.8) is 0 Å². The van der Waals surface area contributed by atoms with Crippen LogP contribution in [0.2, 0.25) is 0 Å². The molecule has 1 fully saturated rings. The third-order valence-electron chi connectivity index (χ3n) is 7.25. The first kappa shape index (κ1) is 31.3. The maximum absolute atomic E-state index is 13.6. The first-order chi connectivity index (χ1) is 20.2. The lowest BCUT2D eigenvalue weighted by Crippen LogP contribution is -2.45. The smallest absolute Gasteiger partial charge is 0.416 e. The van der Waals surface area contributed by atoms with E-state index >= 15 is 0 Å². The fourth-order valence-corrected chi connectivity index (χ4v) is 5.26. The normalized spacial score (nSPS) is 17.2. The van der Waals surface area contributed by atoms with Crippen LogP contribution in [0.4, 0.5) is 23.7 Å². The molecule has 228 valence electrons. The number of alkyl carbamates (subject to hydrolysis) is 1. The Morgan fingerprint density at radius 2 is 1.65 bits per heavy atom. The second-order valence-corrected chi connectivity index (χ2v) is 11.6. The molecule has 2 aromatic carbocycles. The Balaban J connectivity index is 1.57. The van der Waals surface area contributed by atoms with Crippen LogP contribution in [0.25, 0.3) is 10.9 Å². The number of aryl methyl sites for hydroxylation is 2. The van der Waals surface area contributed by atoms with Crippen molar-refractivity contribution < 1.29 is 32.4 Å². The van der Waals surface area contributed by atoms with Crippen molar-refractivity contribution in [2.75, 3.05) is 0 Å². The second-order valence-electron chi connectivity index (χ2n) is 11.6. The highest BCUT2D eigenvalue weighted by molar-refractivity contribution is 6.06. The lowest BCUT2D eigenvalue weighted by Gasteiger charge is -2.30. The Hall–Kier alpha value is -4.60. The van der Waals surface area contributed by atoms with Gasteiger partial charge in [-0.3, -0.25) is 14.9 Å². The minimum Gasteiger partial charge on any atom is -0.444 e. The summed E-state index contributed by atoms with van der Waals surface area (Å²) in [6.45, 7) is 5.34. The van der Waals surface area contributed by atoms with E-state index in [9.17, 15) is 38.1 Å². The molecule has 1 aliphatic carbocycles. The molecule has 0 aliphatic heterocycles. The number of hydrogen-bond acceptors (Lipinski definition) is 6. The Labute approximate surface area is 246 Å². The molecule has 2 amide bonds. The fraction of sp³-hybridized carbons (Fsp3) is 0.433. The summed E-state index contributed by atoms with van der Waals surface area (Å²) in [5, 5.41) is 27.6. The maximum Gasteiger partial charge on any atom is 0.416 e. The first-order valence-electron chi connectivity index (χ1n) is 13.8. The van der Waals surface area contributed by atoms with E-state index in [1.807, 2.05) is 6.07 Å². The number of nitro groups is 1. The Morgan fingerprint density at radius 1 is 1.05 bits per heavy atom. The number of hydrogen-bond donors (Lipinski definition) is 2. The zero-order chi connectivity index (χ0) is 31.5. The Kier molecular flexibility index (Phi) is 8.98. The second kappa shape index (κ2) is 12.3. The Bertz CT molecular complexity index is 1560. The molecule has 10 nitrogen and oxygen atoms in total. The molecule has 0 spiro atoms. The molecular weight excluding hydrogens is 567 g/mol. The van der Waals surface area contributed by atoms with E-state index in [2.05, 4.69) is 10.6 Å². The Morgan fingerprint density at radius 3 is 2.19 bits per heavy atom. The number of amides is 2. The van der Waals surface area contributed by atoms with Gasteiger partial charge in [0.05, 0.1) is 33.0 Å². The maximum atomic E-state index is 13.6. The number of nitriles is 1. The van der Waals surface area contributed by atoms with Crippen LogP contribution in [0.1, 0.15) is 73.6 Å². The van der Waals surface area contributed by atoms with E-state index in [1.54, 1.807) is 20.8 Å².